The number of hydrogen-bond acceptors (Lipinski definition) is 3. The van der Waals surface area contributed by atoms with Gasteiger partial charge in [-0.15, -0.1) is 0 Å². The monoisotopic (exact) mass is 218 g/mol. The Kier molecular flexibility index (Phi) is 2.44. The number of nitrogens with zero attached hydrogens (tertiary/aromatic N) is 2. The summed E-state index contributed by atoms with van der Waals surface area (Å²) in [6, 6.07) is 4.78. The Morgan fingerprint density at radius 3 is 2.88 bits per heavy atom. The van der Waals surface area contributed by atoms with Crippen LogP contribution in [0.3, 0.4) is 0 Å². The largest absolute Gasteiger partial charge is 0.302 e. The zero-order chi connectivity index (χ0) is 11.7. The summed E-state index contributed by atoms with van der Waals surface area (Å²) in [6.45, 7) is 1.78. The van der Waals surface area contributed by atoms with E-state index >= 15 is 0 Å². The van der Waals surface area contributed by atoms with Gasteiger partial charge >= 0.3 is 0 Å². The highest BCUT2D eigenvalue weighted by Crippen LogP contribution is 2.35. The van der Waals surface area contributed by atoms with Gasteiger partial charge in [0.1, 0.15) is 5.69 Å². The lowest BCUT2D eigenvalue weighted by Gasteiger charge is -2.24. The van der Waals surface area contributed by atoms with E-state index < -0.39 is 4.92 Å². The zero-order valence-corrected chi connectivity index (χ0v) is 8.71. The molecule has 5 heteroatoms. The van der Waals surface area contributed by atoms with E-state index in [0.29, 0.717) is 17.8 Å². The third kappa shape index (κ3) is 1.56. The van der Waals surface area contributed by atoms with Gasteiger partial charge in [0, 0.05) is 25.1 Å². The first-order valence-corrected chi connectivity index (χ1v) is 4.83. The minimum Gasteiger partial charge on any atom is -0.302 e. The number of amides is 1. The highest BCUT2D eigenvalue weighted by Gasteiger charge is 2.25. The Bertz CT molecular complexity index is 494. The number of hydrogen-bond donors (Lipinski definition) is 0. The van der Waals surface area contributed by atoms with Crippen molar-refractivity contribution in [1.82, 2.24) is 0 Å². The fourth-order valence-corrected chi connectivity index (χ4v) is 1.79. The number of carbonyl (C=O) groups excluding carboxylic acids is 1. The lowest BCUT2D eigenvalue weighted by molar-refractivity contribution is -0.384. The molecule has 0 unspecified atom stereocenters. The number of anilines is 1. The van der Waals surface area contributed by atoms with Gasteiger partial charge < -0.3 is 4.90 Å². The van der Waals surface area contributed by atoms with Crippen molar-refractivity contribution in [3.8, 4) is 0 Å². The molecule has 0 fully saturated rings. The predicted molar refractivity (Wildman–Crippen MR) is 60.2 cm³/mol. The van der Waals surface area contributed by atoms with Crippen LogP contribution < -0.4 is 4.90 Å². The average Bonchev–Trinajstić information content (AvgIpc) is 2.27. The second-order valence-electron chi connectivity index (χ2n) is 3.50. The molecular weight excluding hydrogens is 208 g/mol. The van der Waals surface area contributed by atoms with Gasteiger partial charge in [-0.25, -0.2) is 0 Å². The van der Waals surface area contributed by atoms with E-state index in [4.69, 9.17) is 0 Å². The van der Waals surface area contributed by atoms with Crippen LogP contribution >= 0.6 is 0 Å². The van der Waals surface area contributed by atoms with E-state index in [1.807, 2.05) is 6.08 Å². The van der Waals surface area contributed by atoms with Gasteiger partial charge in [0.05, 0.1) is 4.92 Å². The van der Waals surface area contributed by atoms with Crippen LogP contribution in [0.5, 0.6) is 0 Å². The quantitative estimate of drug-likeness (QED) is 0.534. The van der Waals surface area contributed by atoms with E-state index in [0.717, 1.165) is 0 Å². The van der Waals surface area contributed by atoms with Crippen molar-refractivity contribution in [2.75, 3.05) is 11.4 Å². The number of nitro benzene ring substituents is 1. The molecule has 16 heavy (non-hydrogen) atoms. The van der Waals surface area contributed by atoms with Crippen LogP contribution in [0.25, 0.3) is 6.08 Å². The molecule has 0 aromatic heterocycles. The van der Waals surface area contributed by atoms with Crippen molar-refractivity contribution >= 4 is 23.4 Å². The van der Waals surface area contributed by atoms with E-state index in [1.54, 1.807) is 18.2 Å². The van der Waals surface area contributed by atoms with E-state index in [-0.39, 0.29) is 11.6 Å². The molecule has 5 nitrogen and oxygen atoms in total. The van der Waals surface area contributed by atoms with E-state index in [1.165, 1.54) is 17.9 Å². The smallest absolute Gasteiger partial charge is 0.293 e. The van der Waals surface area contributed by atoms with Gasteiger partial charge in [-0.1, -0.05) is 24.3 Å². The van der Waals surface area contributed by atoms with Crippen LogP contribution in [0.2, 0.25) is 0 Å². The fraction of sp³-hybridized carbons (Fsp3) is 0.182. The second-order valence-corrected chi connectivity index (χ2v) is 3.50. The van der Waals surface area contributed by atoms with Crippen molar-refractivity contribution in [1.29, 1.82) is 0 Å². The number of fused-ring (bicyclic) bond motifs is 1. The molecule has 0 bridgehead atoms. The van der Waals surface area contributed by atoms with E-state index in [2.05, 4.69) is 0 Å². The molecule has 1 aliphatic heterocycles. The minimum atomic E-state index is -0.464. The number of carbonyl (C=O) groups is 1. The first kappa shape index (κ1) is 10.4. The van der Waals surface area contributed by atoms with Crippen LogP contribution in [0.15, 0.2) is 24.3 Å². The van der Waals surface area contributed by atoms with Gasteiger partial charge in [-0.05, 0) is 0 Å². The topological polar surface area (TPSA) is 63.5 Å². The molecule has 0 saturated heterocycles. The molecular formula is C11H10N2O3. The third-order valence-corrected chi connectivity index (χ3v) is 2.48. The Morgan fingerprint density at radius 1 is 1.50 bits per heavy atom. The molecule has 0 atom stereocenters. The minimum absolute atomic E-state index is 0.0305. The maximum absolute atomic E-state index is 11.4. The molecule has 0 spiro atoms. The summed E-state index contributed by atoms with van der Waals surface area (Å²) < 4.78 is 0. The zero-order valence-electron chi connectivity index (χ0n) is 8.71. The number of benzene rings is 1. The summed E-state index contributed by atoms with van der Waals surface area (Å²) in [5.41, 5.74) is 1.07. The number of rotatable bonds is 1. The highest BCUT2D eigenvalue weighted by molar-refractivity contribution is 5.98. The van der Waals surface area contributed by atoms with Crippen molar-refractivity contribution in [2.24, 2.45) is 0 Å². The molecule has 1 aromatic rings. The Balaban J connectivity index is 2.65. The molecule has 1 aromatic carbocycles. The molecule has 0 radical (unpaired) electrons. The molecule has 1 heterocycles. The molecule has 0 N–H and O–H groups in total. The predicted octanol–water partition coefficient (Wildman–Crippen LogP) is 1.97. The molecule has 2 rings (SSSR count). The first-order chi connectivity index (χ1) is 7.61. The van der Waals surface area contributed by atoms with Crippen LogP contribution in [0, 0.1) is 10.1 Å². The van der Waals surface area contributed by atoms with Crippen LogP contribution in [0.1, 0.15) is 12.5 Å². The summed E-state index contributed by atoms with van der Waals surface area (Å²) in [4.78, 5) is 23.2. The lowest BCUT2D eigenvalue weighted by Crippen LogP contribution is -2.31. The summed E-state index contributed by atoms with van der Waals surface area (Å²) in [5, 5.41) is 10.9. The Labute approximate surface area is 92.1 Å². The van der Waals surface area contributed by atoms with Gasteiger partial charge in [-0.3, -0.25) is 14.9 Å². The van der Waals surface area contributed by atoms with Crippen molar-refractivity contribution in [2.45, 2.75) is 6.92 Å². The number of nitro groups is 1. The van der Waals surface area contributed by atoms with Crippen molar-refractivity contribution < 1.29 is 9.72 Å². The fourth-order valence-electron chi connectivity index (χ4n) is 1.79. The molecule has 1 amide bonds. The summed E-state index contributed by atoms with van der Waals surface area (Å²) in [6.07, 6.45) is 3.61. The molecule has 0 aliphatic carbocycles. The first-order valence-electron chi connectivity index (χ1n) is 4.83. The van der Waals surface area contributed by atoms with Crippen LogP contribution in [-0.2, 0) is 4.79 Å². The highest BCUT2D eigenvalue weighted by atomic mass is 16.6. The molecule has 82 valence electrons. The summed E-state index contributed by atoms with van der Waals surface area (Å²) in [7, 11) is 0. The number of para-hydroxylation sites is 1. The maximum atomic E-state index is 11.4. The van der Waals surface area contributed by atoms with E-state index in [9.17, 15) is 14.9 Å². The third-order valence-electron chi connectivity index (χ3n) is 2.48. The average molecular weight is 218 g/mol. The van der Waals surface area contributed by atoms with Gasteiger partial charge in [-0.2, -0.15) is 0 Å². The van der Waals surface area contributed by atoms with Crippen LogP contribution in [-0.4, -0.2) is 17.4 Å². The normalized spacial score (nSPS) is 13.4. The van der Waals surface area contributed by atoms with Crippen molar-refractivity contribution in [3.63, 3.8) is 0 Å². The Hall–Kier alpha value is -2.17. The molecule has 0 saturated carbocycles. The SMILES string of the molecule is CC(=O)N1CC=Cc2cccc([N+](=O)[O-])c21. The standard InChI is InChI=1S/C11H10N2O3/c1-8(14)12-7-3-5-9-4-2-6-10(11(9)12)13(15)16/h2-6H,7H2,1H3. The molecule has 1 aliphatic rings. The summed E-state index contributed by atoms with van der Waals surface area (Å²) >= 11 is 0. The second kappa shape index (κ2) is 3.77. The van der Waals surface area contributed by atoms with Crippen molar-refractivity contribution in [3.05, 3.63) is 40.0 Å². The maximum Gasteiger partial charge on any atom is 0.293 e. The van der Waals surface area contributed by atoms with Gasteiger partial charge in [0.25, 0.3) is 5.69 Å². The lowest BCUT2D eigenvalue weighted by atomic mass is 10.1. The van der Waals surface area contributed by atoms with Gasteiger partial charge in [0.2, 0.25) is 5.91 Å². The summed E-state index contributed by atoms with van der Waals surface area (Å²) in [5.74, 6) is -0.195. The Morgan fingerprint density at radius 2 is 2.25 bits per heavy atom. The van der Waals surface area contributed by atoms with Gasteiger partial charge in [0.15, 0.2) is 0 Å². The van der Waals surface area contributed by atoms with Crippen LogP contribution in [0.4, 0.5) is 11.4 Å².